The highest BCUT2D eigenvalue weighted by Gasteiger charge is 2.21. The molecule has 0 aliphatic rings. The maximum atomic E-state index is 11.0. The number of amides is 2. The number of carbonyl (C=O) groups excluding carboxylic acids is 2. The van der Waals surface area contributed by atoms with Crippen LogP contribution in [0, 0.1) is 11.3 Å². The van der Waals surface area contributed by atoms with Crippen LogP contribution in [0.5, 0.6) is 0 Å². The summed E-state index contributed by atoms with van der Waals surface area (Å²) >= 11 is 0. The number of carbonyl (C=O) groups is 2. The lowest BCUT2D eigenvalue weighted by atomic mass is 10.2. The molecule has 6 nitrogen and oxygen atoms in total. The van der Waals surface area contributed by atoms with E-state index in [9.17, 15) is 9.59 Å². The number of primary amides is 1. The largest absolute Gasteiger partial charge is 0.444 e. The van der Waals surface area contributed by atoms with Crippen molar-refractivity contribution in [1.29, 1.82) is 5.26 Å². The van der Waals surface area contributed by atoms with Crippen molar-refractivity contribution in [2.75, 3.05) is 0 Å². The number of alkyl carbamates (subject to hydrolysis) is 1. The molecule has 0 aromatic carbocycles. The van der Waals surface area contributed by atoms with Gasteiger partial charge in [-0.2, -0.15) is 5.26 Å². The van der Waals surface area contributed by atoms with Gasteiger partial charge in [0.05, 0.1) is 6.07 Å². The van der Waals surface area contributed by atoms with E-state index in [1.165, 1.54) is 6.07 Å². The van der Waals surface area contributed by atoms with E-state index in [2.05, 4.69) is 0 Å². The summed E-state index contributed by atoms with van der Waals surface area (Å²) in [5, 5.41) is 10.4. The number of hydrogen-bond acceptors (Lipinski definition) is 4. The highest BCUT2D eigenvalue weighted by atomic mass is 16.6. The van der Waals surface area contributed by atoms with Crippen LogP contribution in [0.2, 0.25) is 0 Å². The van der Waals surface area contributed by atoms with Crippen molar-refractivity contribution in [2.24, 2.45) is 5.73 Å². The third kappa shape index (κ3) is 4.98. The van der Waals surface area contributed by atoms with Crippen LogP contribution in [0.3, 0.4) is 0 Å². The first kappa shape index (κ1) is 12.2. The average Bonchev–Trinajstić information content (AvgIpc) is 1.96. The first-order chi connectivity index (χ1) is 6.26. The van der Waals surface area contributed by atoms with E-state index < -0.39 is 23.6 Å². The summed E-state index contributed by atoms with van der Waals surface area (Å²) < 4.78 is 4.81. The Bertz CT molecular complexity index is 275. The van der Waals surface area contributed by atoms with Gasteiger partial charge in [-0.1, -0.05) is 0 Å². The van der Waals surface area contributed by atoms with E-state index in [1.807, 2.05) is 5.32 Å². The molecule has 1 unspecified atom stereocenters. The fourth-order valence-electron chi connectivity index (χ4n) is 0.592. The zero-order chi connectivity index (χ0) is 11.4. The molecule has 0 spiro atoms. The van der Waals surface area contributed by atoms with E-state index in [-0.39, 0.29) is 0 Å². The molecule has 0 aromatic rings. The molecule has 0 aliphatic heterocycles. The molecule has 6 heteroatoms. The van der Waals surface area contributed by atoms with E-state index in [4.69, 9.17) is 15.7 Å². The number of nitrogens with zero attached hydrogens (tertiary/aromatic N) is 1. The third-order valence-electron chi connectivity index (χ3n) is 1.07. The monoisotopic (exact) mass is 199 g/mol. The Morgan fingerprint density at radius 2 is 2.00 bits per heavy atom. The van der Waals surface area contributed by atoms with Gasteiger partial charge in [-0.05, 0) is 20.8 Å². The Morgan fingerprint density at radius 1 is 1.50 bits per heavy atom. The minimum absolute atomic E-state index is 0.679. The lowest BCUT2D eigenvalue weighted by molar-refractivity contribution is -0.118. The normalized spacial score (nSPS) is 12.4. The number of nitrogens with two attached hydrogens (primary N) is 1. The molecule has 0 rings (SSSR count). The van der Waals surface area contributed by atoms with Gasteiger partial charge in [-0.3, -0.25) is 10.1 Å². The van der Waals surface area contributed by atoms with Gasteiger partial charge >= 0.3 is 6.09 Å². The first-order valence-electron chi connectivity index (χ1n) is 3.94. The average molecular weight is 199 g/mol. The van der Waals surface area contributed by atoms with Gasteiger partial charge in [-0.25, -0.2) is 4.79 Å². The van der Waals surface area contributed by atoms with Crippen molar-refractivity contribution >= 4 is 12.0 Å². The molecule has 0 fully saturated rings. The van der Waals surface area contributed by atoms with Crippen molar-refractivity contribution < 1.29 is 14.3 Å². The summed E-state index contributed by atoms with van der Waals surface area (Å²) in [6.45, 7) is 4.99. The summed E-state index contributed by atoms with van der Waals surface area (Å²) in [5.41, 5.74) is 4.15. The van der Waals surface area contributed by atoms with E-state index in [0.717, 1.165) is 0 Å². The Labute approximate surface area is 82.0 Å². The van der Waals surface area contributed by atoms with Gasteiger partial charge in [0.1, 0.15) is 5.60 Å². The lowest BCUT2D eigenvalue weighted by Gasteiger charge is -2.20. The van der Waals surface area contributed by atoms with E-state index in [0.29, 0.717) is 0 Å². The van der Waals surface area contributed by atoms with Gasteiger partial charge in [0.25, 0.3) is 5.91 Å². The van der Waals surface area contributed by atoms with Crippen LogP contribution in [0.1, 0.15) is 20.8 Å². The van der Waals surface area contributed by atoms with Gasteiger partial charge in [0.15, 0.2) is 6.04 Å². The molecule has 78 valence electrons. The molecule has 0 heterocycles. The number of nitriles is 1. The molecule has 0 bridgehead atoms. The topological polar surface area (TPSA) is 105 Å². The number of rotatable bonds is 2. The first-order valence-corrected chi connectivity index (χ1v) is 3.94. The zero-order valence-electron chi connectivity index (χ0n) is 8.33. The van der Waals surface area contributed by atoms with Gasteiger partial charge < -0.3 is 10.5 Å². The van der Waals surface area contributed by atoms with Crippen LogP contribution in [-0.2, 0) is 9.53 Å². The maximum absolute atomic E-state index is 11.0. The van der Waals surface area contributed by atoms with Gasteiger partial charge in [0.2, 0.25) is 0 Å². The molecule has 0 aromatic heterocycles. The summed E-state index contributed by atoms with van der Waals surface area (Å²) in [6.07, 6.45) is -0.845. The fraction of sp³-hybridized carbons (Fsp3) is 0.625. The molecular weight excluding hydrogens is 186 g/mol. The van der Waals surface area contributed by atoms with Crippen molar-refractivity contribution in [3.8, 4) is 6.07 Å². The summed E-state index contributed by atoms with van der Waals surface area (Å²) in [4.78, 5) is 21.6. The highest BCUT2D eigenvalue weighted by molar-refractivity contribution is 5.86. The minimum Gasteiger partial charge on any atom is -0.444 e. The van der Waals surface area contributed by atoms with Crippen molar-refractivity contribution in [3.05, 3.63) is 0 Å². The minimum atomic E-state index is -1.36. The molecule has 14 heavy (non-hydrogen) atoms. The highest BCUT2D eigenvalue weighted by Crippen LogP contribution is 2.06. The fourth-order valence-corrected chi connectivity index (χ4v) is 0.592. The SMILES string of the molecule is CC(C)(C)OC(=O)NC(C#N)C(N)=O. The second-order valence-electron chi connectivity index (χ2n) is 3.61. The van der Waals surface area contributed by atoms with Crippen LogP contribution in [-0.4, -0.2) is 23.6 Å². The predicted octanol–water partition coefficient (Wildman–Crippen LogP) is -0.111. The molecule has 0 radical (unpaired) electrons. The smallest absolute Gasteiger partial charge is 0.409 e. The second kappa shape index (κ2) is 4.46. The van der Waals surface area contributed by atoms with Gasteiger partial charge in [0, 0.05) is 0 Å². The molecule has 3 N–H and O–H groups in total. The number of ether oxygens (including phenoxy) is 1. The molecule has 2 amide bonds. The number of hydrogen-bond donors (Lipinski definition) is 2. The summed E-state index contributed by atoms with van der Waals surface area (Å²) in [6, 6.07) is 0.175. The van der Waals surface area contributed by atoms with E-state index >= 15 is 0 Å². The van der Waals surface area contributed by atoms with Crippen LogP contribution < -0.4 is 11.1 Å². The Hall–Kier alpha value is -1.77. The Morgan fingerprint density at radius 3 is 2.29 bits per heavy atom. The summed E-state index contributed by atoms with van der Waals surface area (Å²) in [7, 11) is 0. The predicted molar refractivity (Wildman–Crippen MR) is 48.0 cm³/mol. The quantitative estimate of drug-likeness (QED) is 0.647. The second-order valence-corrected chi connectivity index (χ2v) is 3.61. The van der Waals surface area contributed by atoms with Crippen LogP contribution in [0.4, 0.5) is 4.79 Å². The third-order valence-corrected chi connectivity index (χ3v) is 1.07. The zero-order valence-corrected chi connectivity index (χ0v) is 8.33. The number of nitrogens with one attached hydrogen (secondary N) is 1. The van der Waals surface area contributed by atoms with Crippen LogP contribution >= 0.6 is 0 Å². The molecule has 0 aliphatic carbocycles. The van der Waals surface area contributed by atoms with Crippen LogP contribution in [0.25, 0.3) is 0 Å². The van der Waals surface area contributed by atoms with Crippen molar-refractivity contribution in [2.45, 2.75) is 32.4 Å². The summed E-state index contributed by atoms with van der Waals surface area (Å²) in [5.74, 6) is -0.918. The lowest BCUT2D eigenvalue weighted by Crippen LogP contribution is -2.45. The molecular formula is C8H13N3O3. The molecule has 0 saturated carbocycles. The molecule has 0 saturated heterocycles. The standard InChI is InChI=1S/C8H13N3O3/c1-8(2,3)14-7(13)11-5(4-9)6(10)12/h5H,1-3H3,(H2,10,12)(H,11,13). The maximum Gasteiger partial charge on any atom is 0.409 e. The molecule has 1 atom stereocenters. The van der Waals surface area contributed by atoms with Crippen molar-refractivity contribution in [3.63, 3.8) is 0 Å². The van der Waals surface area contributed by atoms with Crippen LogP contribution in [0.15, 0.2) is 0 Å². The van der Waals surface area contributed by atoms with E-state index in [1.54, 1.807) is 20.8 Å². The van der Waals surface area contributed by atoms with Crippen molar-refractivity contribution in [1.82, 2.24) is 5.32 Å². The Kier molecular flexibility index (Phi) is 3.90. The van der Waals surface area contributed by atoms with Gasteiger partial charge in [-0.15, -0.1) is 0 Å². The Balaban J connectivity index is 4.20.